The summed E-state index contributed by atoms with van der Waals surface area (Å²) in [6.07, 6.45) is 0. The van der Waals surface area contributed by atoms with E-state index in [0.717, 1.165) is 0 Å². The fourth-order valence-corrected chi connectivity index (χ4v) is 3.25. The van der Waals surface area contributed by atoms with Crippen molar-refractivity contribution in [2.75, 3.05) is 6.61 Å². The number of carbonyl (C=O) groups is 1. The fraction of sp³-hybridized carbons (Fsp3) is 0.143. The van der Waals surface area contributed by atoms with E-state index < -0.39 is 11.9 Å². The molecule has 1 aliphatic rings. The number of rotatable bonds is 4. The van der Waals surface area contributed by atoms with E-state index in [4.69, 9.17) is 26.8 Å². The molecule has 0 spiro atoms. The number of halogens is 1. The van der Waals surface area contributed by atoms with Crippen molar-refractivity contribution >= 4 is 23.3 Å². The molecule has 1 atom stereocenters. The second-order valence-electron chi connectivity index (χ2n) is 5.78. The van der Waals surface area contributed by atoms with Crippen molar-refractivity contribution in [1.82, 2.24) is 0 Å². The van der Waals surface area contributed by atoms with E-state index in [9.17, 15) is 10.1 Å². The quantitative estimate of drug-likeness (QED) is 0.806. The Morgan fingerprint density at radius 1 is 1.22 bits per heavy atom. The van der Waals surface area contributed by atoms with Crippen LogP contribution in [0.1, 0.15) is 24.0 Å². The fourth-order valence-electron chi connectivity index (χ4n) is 3.00. The number of allylic oxidation sites excluding steroid dienone is 1. The van der Waals surface area contributed by atoms with Crippen LogP contribution in [0.15, 0.2) is 71.6 Å². The molecule has 0 aromatic heterocycles. The van der Waals surface area contributed by atoms with Gasteiger partial charge >= 0.3 is 5.97 Å². The van der Waals surface area contributed by atoms with E-state index in [1.54, 1.807) is 43.3 Å². The van der Waals surface area contributed by atoms with Gasteiger partial charge in [-0.25, -0.2) is 4.79 Å². The van der Waals surface area contributed by atoms with Gasteiger partial charge in [0.05, 0.1) is 24.2 Å². The Balaban J connectivity index is 2.26. The lowest BCUT2D eigenvalue weighted by atomic mass is 9.82. The number of nitrogens with two attached hydrogens (primary N) is 1. The lowest BCUT2D eigenvalue weighted by molar-refractivity contribution is -0.139. The normalized spacial score (nSPS) is 16.6. The van der Waals surface area contributed by atoms with Gasteiger partial charge in [-0.3, -0.25) is 0 Å². The summed E-state index contributed by atoms with van der Waals surface area (Å²) in [7, 11) is 0. The Morgan fingerprint density at radius 2 is 1.89 bits per heavy atom. The van der Waals surface area contributed by atoms with Crippen LogP contribution in [-0.2, 0) is 14.3 Å². The van der Waals surface area contributed by atoms with Crippen LogP contribution >= 0.6 is 11.6 Å². The van der Waals surface area contributed by atoms with Crippen molar-refractivity contribution in [3.8, 4) is 6.07 Å². The number of carbonyl (C=O) groups excluding carboxylic acids is 1. The van der Waals surface area contributed by atoms with Gasteiger partial charge in [-0.2, -0.15) is 5.26 Å². The van der Waals surface area contributed by atoms with Crippen molar-refractivity contribution in [2.24, 2.45) is 5.73 Å². The zero-order valence-corrected chi connectivity index (χ0v) is 15.4. The smallest absolute Gasteiger partial charge is 0.340 e. The van der Waals surface area contributed by atoms with Crippen molar-refractivity contribution in [3.05, 3.63) is 87.8 Å². The second kappa shape index (κ2) is 7.98. The number of nitrogens with zero attached hydrogens (tertiary/aromatic N) is 1. The van der Waals surface area contributed by atoms with Gasteiger partial charge in [-0.05, 0) is 18.6 Å². The Morgan fingerprint density at radius 3 is 2.52 bits per heavy atom. The molecule has 2 aromatic rings. The Kier molecular flexibility index (Phi) is 5.49. The van der Waals surface area contributed by atoms with Crippen LogP contribution < -0.4 is 5.73 Å². The van der Waals surface area contributed by atoms with Gasteiger partial charge in [-0.15, -0.1) is 0 Å². The topological polar surface area (TPSA) is 85.3 Å². The molecule has 0 saturated heterocycles. The molecule has 1 aliphatic heterocycles. The van der Waals surface area contributed by atoms with Gasteiger partial charge in [0.2, 0.25) is 5.88 Å². The lowest BCUT2D eigenvalue weighted by Gasteiger charge is -2.28. The maximum atomic E-state index is 12.6. The van der Waals surface area contributed by atoms with E-state index in [1.165, 1.54) is 0 Å². The van der Waals surface area contributed by atoms with E-state index in [-0.39, 0.29) is 23.6 Å². The highest BCUT2D eigenvalue weighted by atomic mass is 35.5. The molecule has 6 heteroatoms. The molecule has 1 unspecified atom stereocenters. The van der Waals surface area contributed by atoms with Crippen LogP contribution in [-0.4, -0.2) is 12.6 Å². The first kappa shape index (κ1) is 18.6. The Labute approximate surface area is 162 Å². The average molecular weight is 381 g/mol. The minimum atomic E-state index is -0.785. The molecule has 3 rings (SSSR count). The number of nitriles is 1. The van der Waals surface area contributed by atoms with Gasteiger partial charge in [0.1, 0.15) is 5.57 Å². The molecule has 27 heavy (non-hydrogen) atoms. The van der Waals surface area contributed by atoms with Crippen LogP contribution in [0.5, 0.6) is 0 Å². The Bertz CT molecular complexity index is 974. The molecule has 2 aromatic carbocycles. The van der Waals surface area contributed by atoms with Gasteiger partial charge in [0, 0.05) is 10.6 Å². The summed E-state index contributed by atoms with van der Waals surface area (Å²) in [5, 5.41) is 10.3. The number of hydrogen-bond donors (Lipinski definition) is 1. The highest BCUT2D eigenvalue weighted by Gasteiger charge is 2.38. The SMILES string of the molecule is CCOC(=O)C1=C(N)OC(c2ccccc2)=C(C#N)C1c1ccccc1Cl. The van der Waals surface area contributed by atoms with Gasteiger partial charge in [0.25, 0.3) is 0 Å². The van der Waals surface area contributed by atoms with Crippen molar-refractivity contribution < 1.29 is 14.3 Å². The molecule has 1 heterocycles. The third kappa shape index (κ3) is 3.53. The molecule has 0 fully saturated rings. The van der Waals surface area contributed by atoms with E-state index in [2.05, 4.69) is 6.07 Å². The molecule has 5 nitrogen and oxygen atoms in total. The van der Waals surface area contributed by atoms with Gasteiger partial charge in [0.15, 0.2) is 5.76 Å². The van der Waals surface area contributed by atoms with Crippen LogP contribution in [0.3, 0.4) is 0 Å². The van der Waals surface area contributed by atoms with Gasteiger partial charge in [-0.1, -0.05) is 60.1 Å². The first-order valence-corrected chi connectivity index (χ1v) is 8.75. The van der Waals surface area contributed by atoms with Crippen LogP contribution in [0.4, 0.5) is 0 Å². The van der Waals surface area contributed by atoms with E-state index in [1.807, 2.05) is 18.2 Å². The predicted molar refractivity (Wildman–Crippen MR) is 102 cm³/mol. The minimum absolute atomic E-state index is 0.0705. The summed E-state index contributed by atoms with van der Waals surface area (Å²) < 4.78 is 10.9. The number of ether oxygens (including phenoxy) is 2. The first-order valence-electron chi connectivity index (χ1n) is 8.37. The molecule has 0 bridgehead atoms. The molecule has 0 saturated carbocycles. The summed E-state index contributed by atoms with van der Waals surface area (Å²) in [6.45, 7) is 1.86. The summed E-state index contributed by atoms with van der Waals surface area (Å²) in [5.74, 6) is -1.23. The van der Waals surface area contributed by atoms with Crippen LogP contribution in [0, 0.1) is 11.3 Å². The zero-order chi connectivity index (χ0) is 19.4. The van der Waals surface area contributed by atoms with Crippen molar-refractivity contribution in [2.45, 2.75) is 12.8 Å². The lowest BCUT2D eigenvalue weighted by Crippen LogP contribution is -2.26. The molecular formula is C21H17ClN2O3. The maximum absolute atomic E-state index is 12.6. The predicted octanol–water partition coefficient (Wildman–Crippen LogP) is 4.12. The molecule has 0 aliphatic carbocycles. The standard InChI is InChI=1S/C21H17ClN2O3/c1-2-26-21(25)18-17(14-10-6-7-11-16(14)22)15(12-23)19(27-20(18)24)13-8-4-3-5-9-13/h3-11,17H,2,24H2,1H3. The second-order valence-corrected chi connectivity index (χ2v) is 6.18. The highest BCUT2D eigenvalue weighted by Crippen LogP contribution is 2.44. The molecule has 2 N–H and O–H groups in total. The maximum Gasteiger partial charge on any atom is 0.340 e. The number of hydrogen-bond acceptors (Lipinski definition) is 5. The van der Waals surface area contributed by atoms with E-state index in [0.29, 0.717) is 21.9 Å². The summed E-state index contributed by atoms with van der Waals surface area (Å²) in [5.41, 5.74) is 7.67. The summed E-state index contributed by atoms with van der Waals surface area (Å²) >= 11 is 6.38. The molecule has 136 valence electrons. The average Bonchev–Trinajstić information content (AvgIpc) is 2.68. The summed E-state index contributed by atoms with van der Waals surface area (Å²) in [6, 6.07) is 18.3. The van der Waals surface area contributed by atoms with Crippen molar-refractivity contribution in [1.29, 1.82) is 5.26 Å². The monoisotopic (exact) mass is 380 g/mol. The molecular weight excluding hydrogens is 364 g/mol. The van der Waals surface area contributed by atoms with Crippen LogP contribution in [0.2, 0.25) is 5.02 Å². The molecule has 0 amide bonds. The largest absolute Gasteiger partial charge is 0.462 e. The highest BCUT2D eigenvalue weighted by molar-refractivity contribution is 6.31. The van der Waals surface area contributed by atoms with Crippen LogP contribution in [0.25, 0.3) is 5.76 Å². The number of benzene rings is 2. The Hall–Kier alpha value is -3.23. The van der Waals surface area contributed by atoms with E-state index >= 15 is 0 Å². The minimum Gasteiger partial charge on any atom is -0.462 e. The zero-order valence-electron chi connectivity index (χ0n) is 14.6. The summed E-state index contributed by atoms with van der Waals surface area (Å²) in [4.78, 5) is 12.6. The third-order valence-corrected chi connectivity index (χ3v) is 4.51. The van der Waals surface area contributed by atoms with Gasteiger partial charge < -0.3 is 15.2 Å². The number of esters is 1. The van der Waals surface area contributed by atoms with Crippen molar-refractivity contribution in [3.63, 3.8) is 0 Å². The first-order chi connectivity index (χ1) is 13.1. The molecule has 0 radical (unpaired) electrons. The third-order valence-electron chi connectivity index (χ3n) is 4.17.